The smallest absolute Gasteiger partial charge is 0.248 e. The van der Waals surface area contributed by atoms with E-state index in [-0.39, 0.29) is 18.3 Å². The minimum absolute atomic E-state index is 0.260. The molecule has 1 aliphatic carbocycles. The fraction of sp³-hybridized carbons (Fsp3) is 0.412. The first kappa shape index (κ1) is 17.1. The fourth-order valence-electron chi connectivity index (χ4n) is 2.70. The van der Waals surface area contributed by atoms with Gasteiger partial charge in [-0.2, -0.15) is 0 Å². The van der Waals surface area contributed by atoms with E-state index in [2.05, 4.69) is 5.32 Å². The lowest BCUT2D eigenvalue weighted by atomic mass is 10.0. The van der Waals surface area contributed by atoms with Gasteiger partial charge < -0.3 is 15.3 Å². The number of anilines is 1. The zero-order chi connectivity index (χ0) is 16.9. The first-order chi connectivity index (χ1) is 10.9. The lowest BCUT2D eigenvalue weighted by molar-refractivity contribution is -0.128. The van der Waals surface area contributed by atoms with Crippen molar-refractivity contribution in [3.63, 3.8) is 0 Å². The normalized spacial score (nSPS) is 16.5. The molecule has 0 radical (unpaired) electrons. The maximum absolute atomic E-state index is 12.8. The Hall–Kier alpha value is -2.21. The molecular formula is C17H21FN2O3. The number of likely N-dealkylation sites (N-methyl/N-ethyl adjacent to an activating group) is 1. The van der Waals surface area contributed by atoms with Gasteiger partial charge in [-0.3, -0.25) is 9.59 Å². The van der Waals surface area contributed by atoms with Gasteiger partial charge in [-0.15, -0.1) is 0 Å². The van der Waals surface area contributed by atoms with Gasteiger partial charge in [0.2, 0.25) is 11.8 Å². The molecule has 0 unspecified atom stereocenters. The summed E-state index contributed by atoms with van der Waals surface area (Å²) in [6.07, 6.45) is 5.61. The molecule has 0 heterocycles. The van der Waals surface area contributed by atoms with Crippen LogP contribution in [0.1, 0.15) is 25.7 Å². The Balaban J connectivity index is 1.84. The maximum atomic E-state index is 12.8. The zero-order valence-electron chi connectivity index (χ0n) is 13.1. The molecule has 1 aliphatic rings. The lowest BCUT2D eigenvalue weighted by Gasteiger charge is -2.27. The van der Waals surface area contributed by atoms with Crippen molar-refractivity contribution in [2.45, 2.75) is 31.3 Å². The molecule has 2 rings (SSSR count). The summed E-state index contributed by atoms with van der Waals surface area (Å²) in [5, 5.41) is 12.8. The van der Waals surface area contributed by atoms with E-state index in [1.807, 2.05) is 0 Å². The van der Waals surface area contributed by atoms with Crippen LogP contribution in [0.5, 0.6) is 0 Å². The van der Waals surface area contributed by atoms with Crippen molar-refractivity contribution in [2.75, 3.05) is 18.9 Å². The molecule has 5 nitrogen and oxygen atoms in total. The Morgan fingerprint density at radius 3 is 2.48 bits per heavy atom. The average Bonchev–Trinajstić information content (AvgIpc) is 2.93. The molecule has 0 saturated heterocycles. The van der Waals surface area contributed by atoms with Crippen molar-refractivity contribution in [2.24, 2.45) is 0 Å². The Morgan fingerprint density at radius 1 is 1.26 bits per heavy atom. The van der Waals surface area contributed by atoms with Crippen molar-refractivity contribution < 1.29 is 19.1 Å². The van der Waals surface area contributed by atoms with Crippen molar-refractivity contribution in [3.05, 3.63) is 42.2 Å². The zero-order valence-corrected chi connectivity index (χ0v) is 13.1. The highest BCUT2D eigenvalue weighted by atomic mass is 19.1. The van der Waals surface area contributed by atoms with E-state index < -0.39 is 11.5 Å². The van der Waals surface area contributed by atoms with E-state index in [1.165, 1.54) is 29.2 Å². The summed E-state index contributed by atoms with van der Waals surface area (Å²) in [6, 6.07) is 5.34. The Bertz CT molecular complexity index is 592. The number of halogens is 1. The van der Waals surface area contributed by atoms with Crippen LogP contribution in [0.25, 0.3) is 0 Å². The molecule has 124 valence electrons. The van der Waals surface area contributed by atoms with Gasteiger partial charge >= 0.3 is 0 Å². The van der Waals surface area contributed by atoms with Crippen LogP contribution >= 0.6 is 0 Å². The quantitative estimate of drug-likeness (QED) is 0.816. The summed E-state index contributed by atoms with van der Waals surface area (Å²) in [5.41, 5.74) is -0.364. The molecule has 1 aromatic rings. The highest BCUT2D eigenvalue weighted by Crippen LogP contribution is 2.29. The Labute approximate surface area is 134 Å². The number of nitrogens with one attached hydrogen (secondary N) is 1. The third kappa shape index (κ3) is 5.17. The third-order valence-corrected chi connectivity index (χ3v) is 3.93. The van der Waals surface area contributed by atoms with Crippen LogP contribution in [-0.4, -0.2) is 41.0 Å². The predicted octanol–water partition coefficient (Wildman–Crippen LogP) is 2.08. The van der Waals surface area contributed by atoms with E-state index >= 15 is 0 Å². The largest absolute Gasteiger partial charge is 0.388 e. The van der Waals surface area contributed by atoms with E-state index in [0.29, 0.717) is 18.5 Å². The van der Waals surface area contributed by atoms with Crippen LogP contribution < -0.4 is 5.32 Å². The van der Waals surface area contributed by atoms with E-state index in [0.717, 1.165) is 25.0 Å². The van der Waals surface area contributed by atoms with Crippen molar-refractivity contribution in [1.82, 2.24) is 4.90 Å². The second-order valence-electron chi connectivity index (χ2n) is 5.96. The maximum Gasteiger partial charge on any atom is 0.248 e. The lowest BCUT2D eigenvalue weighted by Crippen LogP contribution is -2.41. The molecule has 0 bridgehead atoms. The average molecular weight is 320 g/mol. The standard InChI is InChI=1S/C17H21FN2O3/c1-20(12-17(23)10-2-3-11-17)16(22)9-8-15(21)19-14-6-4-13(18)5-7-14/h4-9,23H,2-3,10-12H2,1H3,(H,19,21)/b9-8+. The number of carbonyl (C=O) groups is 2. The molecule has 0 aliphatic heterocycles. The Kier molecular flexibility index (Phi) is 5.50. The van der Waals surface area contributed by atoms with Crippen LogP contribution in [0.3, 0.4) is 0 Å². The summed E-state index contributed by atoms with van der Waals surface area (Å²) in [5.74, 6) is -1.21. The number of carbonyl (C=O) groups excluding carboxylic acids is 2. The van der Waals surface area contributed by atoms with Gasteiger partial charge in [0, 0.05) is 31.4 Å². The molecule has 0 aromatic heterocycles. The van der Waals surface area contributed by atoms with Gasteiger partial charge in [-0.1, -0.05) is 12.8 Å². The SMILES string of the molecule is CN(CC1(O)CCCC1)C(=O)/C=C/C(=O)Nc1ccc(F)cc1. The van der Waals surface area contributed by atoms with Crippen LogP contribution in [0.15, 0.2) is 36.4 Å². The number of benzene rings is 1. The van der Waals surface area contributed by atoms with Gasteiger partial charge in [0.1, 0.15) is 5.82 Å². The van der Waals surface area contributed by atoms with Gasteiger partial charge in [0.25, 0.3) is 0 Å². The minimum atomic E-state index is -0.811. The molecule has 6 heteroatoms. The van der Waals surface area contributed by atoms with Gasteiger partial charge in [0.15, 0.2) is 0 Å². The summed E-state index contributed by atoms with van der Waals surface area (Å²) < 4.78 is 12.8. The first-order valence-corrected chi connectivity index (χ1v) is 7.60. The second-order valence-corrected chi connectivity index (χ2v) is 5.96. The molecule has 2 N–H and O–H groups in total. The number of hydrogen-bond acceptors (Lipinski definition) is 3. The van der Waals surface area contributed by atoms with Crippen LogP contribution in [0.4, 0.5) is 10.1 Å². The number of hydrogen-bond donors (Lipinski definition) is 2. The van der Waals surface area contributed by atoms with Crippen LogP contribution in [-0.2, 0) is 9.59 Å². The molecule has 1 aromatic carbocycles. The highest BCUT2D eigenvalue weighted by Gasteiger charge is 2.33. The number of aliphatic hydroxyl groups is 1. The van der Waals surface area contributed by atoms with Crippen LogP contribution in [0.2, 0.25) is 0 Å². The predicted molar refractivity (Wildman–Crippen MR) is 85.2 cm³/mol. The van der Waals surface area contributed by atoms with E-state index in [9.17, 15) is 19.1 Å². The number of nitrogens with zero attached hydrogens (tertiary/aromatic N) is 1. The Morgan fingerprint density at radius 2 is 1.87 bits per heavy atom. The van der Waals surface area contributed by atoms with E-state index in [1.54, 1.807) is 7.05 Å². The first-order valence-electron chi connectivity index (χ1n) is 7.60. The summed E-state index contributed by atoms with van der Waals surface area (Å²) in [6.45, 7) is 0.260. The van der Waals surface area contributed by atoms with Crippen molar-refractivity contribution >= 4 is 17.5 Å². The molecule has 1 fully saturated rings. The highest BCUT2D eigenvalue weighted by molar-refractivity contribution is 6.03. The summed E-state index contributed by atoms with van der Waals surface area (Å²) in [7, 11) is 1.60. The molecule has 23 heavy (non-hydrogen) atoms. The fourth-order valence-corrected chi connectivity index (χ4v) is 2.70. The van der Waals surface area contributed by atoms with Crippen molar-refractivity contribution in [3.8, 4) is 0 Å². The van der Waals surface area contributed by atoms with Gasteiger partial charge in [-0.05, 0) is 37.1 Å². The number of amides is 2. The van der Waals surface area contributed by atoms with E-state index in [4.69, 9.17) is 0 Å². The summed E-state index contributed by atoms with van der Waals surface area (Å²) in [4.78, 5) is 25.1. The molecule has 0 atom stereocenters. The monoisotopic (exact) mass is 320 g/mol. The molecule has 1 saturated carbocycles. The molecule has 2 amide bonds. The number of rotatable bonds is 5. The summed E-state index contributed by atoms with van der Waals surface area (Å²) >= 11 is 0. The molecular weight excluding hydrogens is 299 g/mol. The second kappa shape index (κ2) is 7.37. The van der Waals surface area contributed by atoms with Crippen LogP contribution in [0, 0.1) is 5.82 Å². The third-order valence-electron chi connectivity index (χ3n) is 3.93. The van der Waals surface area contributed by atoms with Crippen molar-refractivity contribution in [1.29, 1.82) is 0 Å². The van der Waals surface area contributed by atoms with Gasteiger partial charge in [-0.25, -0.2) is 4.39 Å². The topological polar surface area (TPSA) is 69.6 Å². The van der Waals surface area contributed by atoms with Gasteiger partial charge in [0.05, 0.1) is 5.60 Å². The molecule has 0 spiro atoms. The minimum Gasteiger partial charge on any atom is -0.388 e.